The quantitative estimate of drug-likeness (QED) is 0.363. The topological polar surface area (TPSA) is 27.7 Å². The third kappa shape index (κ3) is 5.44. The van der Waals surface area contributed by atoms with Gasteiger partial charge in [-0.05, 0) is 33.4 Å². The van der Waals surface area contributed by atoms with E-state index in [1.807, 2.05) is 0 Å². The van der Waals surface area contributed by atoms with Crippen LogP contribution in [0.1, 0.15) is 47.1 Å². The van der Waals surface area contributed by atoms with Crippen LogP contribution in [-0.2, 0) is 15.8 Å². The Labute approximate surface area is 163 Å². The largest absolute Gasteiger partial charge is 0.468 e. The van der Waals surface area contributed by atoms with Crippen molar-refractivity contribution in [3.05, 3.63) is 23.8 Å². The van der Waals surface area contributed by atoms with E-state index in [1.165, 1.54) is 10.8 Å². The standard InChI is InChI=1S/C21H40O3Si2/c1-16(2)26(17(3)4,18(5)6)24-14-19-11-12-20(23-15-22-7)21(13-19)25(8,9)10/h11-13,16-18H,14-15H2,1-10H3. The second-order valence-electron chi connectivity index (χ2n) is 9.24. The van der Waals surface area contributed by atoms with Gasteiger partial charge in [-0.25, -0.2) is 0 Å². The van der Waals surface area contributed by atoms with Gasteiger partial charge in [-0.15, -0.1) is 0 Å². The van der Waals surface area contributed by atoms with Gasteiger partial charge >= 0.3 is 0 Å². The molecule has 26 heavy (non-hydrogen) atoms. The van der Waals surface area contributed by atoms with Crippen LogP contribution in [0, 0.1) is 0 Å². The Balaban J connectivity index is 3.13. The van der Waals surface area contributed by atoms with Crippen molar-refractivity contribution in [1.29, 1.82) is 0 Å². The molecule has 0 fully saturated rings. The molecule has 0 aliphatic carbocycles. The first kappa shape index (κ1) is 23.4. The van der Waals surface area contributed by atoms with Gasteiger partial charge in [0.05, 0.1) is 14.7 Å². The summed E-state index contributed by atoms with van der Waals surface area (Å²) in [6.45, 7) is 22.0. The van der Waals surface area contributed by atoms with Crippen LogP contribution in [0.15, 0.2) is 18.2 Å². The Bertz CT molecular complexity index is 541. The molecule has 0 amide bonds. The summed E-state index contributed by atoms with van der Waals surface area (Å²) in [5, 5.41) is 1.33. The summed E-state index contributed by atoms with van der Waals surface area (Å²) >= 11 is 0. The van der Waals surface area contributed by atoms with E-state index in [4.69, 9.17) is 13.9 Å². The van der Waals surface area contributed by atoms with Crippen LogP contribution in [0.4, 0.5) is 0 Å². The summed E-state index contributed by atoms with van der Waals surface area (Å²) in [5.74, 6) is 0.954. The van der Waals surface area contributed by atoms with Crippen molar-refractivity contribution in [3.8, 4) is 5.75 Å². The van der Waals surface area contributed by atoms with Gasteiger partial charge in [0.15, 0.2) is 6.79 Å². The predicted molar refractivity (Wildman–Crippen MR) is 118 cm³/mol. The second kappa shape index (κ2) is 9.53. The average Bonchev–Trinajstić information content (AvgIpc) is 2.52. The third-order valence-electron chi connectivity index (χ3n) is 5.38. The Morgan fingerprint density at radius 3 is 1.85 bits per heavy atom. The highest BCUT2D eigenvalue weighted by Crippen LogP contribution is 2.42. The predicted octanol–water partition coefficient (Wildman–Crippen LogP) is 5.91. The highest BCUT2D eigenvalue weighted by atomic mass is 28.4. The molecule has 0 radical (unpaired) electrons. The fraction of sp³-hybridized carbons (Fsp3) is 0.714. The molecule has 0 saturated heterocycles. The second-order valence-corrected chi connectivity index (χ2v) is 19.7. The minimum atomic E-state index is -1.85. The lowest BCUT2D eigenvalue weighted by Gasteiger charge is -2.42. The fourth-order valence-corrected chi connectivity index (χ4v) is 11.1. The lowest BCUT2D eigenvalue weighted by Crippen LogP contribution is -2.47. The van der Waals surface area contributed by atoms with Crippen LogP contribution in [0.2, 0.25) is 36.3 Å². The molecule has 0 spiro atoms. The van der Waals surface area contributed by atoms with Gasteiger partial charge in [-0.1, -0.05) is 73.3 Å². The van der Waals surface area contributed by atoms with Crippen molar-refractivity contribution in [2.45, 2.75) is 84.4 Å². The van der Waals surface area contributed by atoms with Gasteiger partial charge in [0, 0.05) is 7.11 Å². The van der Waals surface area contributed by atoms with Crippen molar-refractivity contribution >= 4 is 21.6 Å². The zero-order valence-electron chi connectivity index (χ0n) is 18.6. The molecule has 0 unspecified atom stereocenters. The molecule has 0 atom stereocenters. The van der Waals surface area contributed by atoms with Crippen LogP contribution >= 0.6 is 0 Å². The molecule has 150 valence electrons. The molecule has 0 aliphatic rings. The summed E-state index contributed by atoms with van der Waals surface area (Å²) in [6.07, 6.45) is 0. The first-order valence-electron chi connectivity index (χ1n) is 9.85. The smallest absolute Gasteiger partial charge is 0.200 e. The Morgan fingerprint density at radius 1 is 0.885 bits per heavy atom. The van der Waals surface area contributed by atoms with E-state index < -0.39 is 16.4 Å². The van der Waals surface area contributed by atoms with Crippen molar-refractivity contribution in [3.63, 3.8) is 0 Å². The molecule has 0 aromatic heterocycles. The monoisotopic (exact) mass is 396 g/mol. The highest BCUT2D eigenvalue weighted by Gasteiger charge is 2.45. The van der Waals surface area contributed by atoms with Crippen molar-refractivity contribution in [1.82, 2.24) is 0 Å². The molecule has 1 rings (SSSR count). The van der Waals surface area contributed by atoms with Crippen LogP contribution in [0.25, 0.3) is 0 Å². The summed E-state index contributed by atoms with van der Waals surface area (Å²) in [5.41, 5.74) is 3.06. The summed E-state index contributed by atoms with van der Waals surface area (Å²) in [4.78, 5) is 0. The lowest BCUT2D eigenvalue weighted by molar-refractivity contribution is 0.0518. The fourth-order valence-electron chi connectivity index (χ4n) is 4.21. The van der Waals surface area contributed by atoms with E-state index in [9.17, 15) is 0 Å². The molecule has 1 aromatic carbocycles. The number of ether oxygens (including phenoxy) is 2. The van der Waals surface area contributed by atoms with Gasteiger partial charge in [-0.2, -0.15) is 0 Å². The van der Waals surface area contributed by atoms with E-state index in [-0.39, 0.29) is 6.79 Å². The zero-order chi connectivity index (χ0) is 20.1. The minimum Gasteiger partial charge on any atom is -0.468 e. The summed E-state index contributed by atoms with van der Waals surface area (Å²) in [6, 6.07) is 6.54. The van der Waals surface area contributed by atoms with E-state index >= 15 is 0 Å². The van der Waals surface area contributed by atoms with Gasteiger partial charge in [0.2, 0.25) is 8.32 Å². The van der Waals surface area contributed by atoms with Crippen molar-refractivity contribution in [2.24, 2.45) is 0 Å². The van der Waals surface area contributed by atoms with Crippen LogP contribution in [-0.4, -0.2) is 30.3 Å². The van der Waals surface area contributed by atoms with Crippen molar-refractivity contribution < 1.29 is 13.9 Å². The maximum absolute atomic E-state index is 6.78. The maximum Gasteiger partial charge on any atom is 0.200 e. The van der Waals surface area contributed by atoms with Gasteiger partial charge in [-0.3, -0.25) is 0 Å². The van der Waals surface area contributed by atoms with Crippen LogP contribution in [0.3, 0.4) is 0 Å². The molecule has 0 N–H and O–H groups in total. The Morgan fingerprint density at radius 2 is 1.42 bits per heavy atom. The molecular formula is C21H40O3Si2. The zero-order valence-corrected chi connectivity index (χ0v) is 20.6. The summed E-state index contributed by atoms with van der Waals surface area (Å²) in [7, 11) is -1.72. The number of methoxy groups -OCH3 is 1. The summed E-state index contributed by atoms with van der Waals surface area (Å²) < 4.78 is 17.7. The first-order valence-corrected chi connectivity index (χ1v) is 15.5. The molecule has 5 heteroatoms. The van der Waals surface area contributed by atoms with Crippen LogP contribution in [0.5, 0.6) is 5.75 Å². The minimum absolute atomic E-state index is 0.289. The highest BCUT2D eigenvalue weighted by molar-refractivity contribution is 6.89. The van der Waals surface area contributed by atoms with Gasteiger partial charge in [0.25, 0.3) is 0 Å². The number of hydrogen-bond acceptors (Lipinski definition) is 3. The normalized spacial score (nSPS) is 13.1. The first-order chi connectivity index (χ1) is 12.0. The van der Waals surface area contributed by atoms with E-state index in [0.717, 1.165) is 5.75 Å². The van der Waals surface area contributed by atoms with Gasteiger partial charge in [0.1, 0.15) is 5.75 Å². The Kier molecular flexibility index (Phi) is 8.58. The molecule has 0 saturated carbocycles. The average molecular weight is 397 g/mol. The third-order valence-corrected chi connectivity index (χ3v) is 13.4. The van der Waals surface area contributed by atoms with E-state index in [1.54, 1.807) is 7.11 Å². The maximum atomic E-state index is 6.78. The Hall–Kier alpha value is -0.626. The molecule has 0 aliphatic heterocycles. The number of benzene rings is 1. The number of hydrogen-bond donors (Lipinski definition) is 0. The van der Waals surface area contributed by atoms with Crippen LogP contribution < -0.4 is 9.92 Å². The molecule has 0 bridgehead atoms. The number of rotatable bonds is 10. The van der Waals surface area contributed by atoms with Gasteiger partial charge < -0.3 is 13.9 Å². The molecule has 1 aromatic rings. The van der Waals surface area contributed by atoms with Crippen molar-refractivity contribution in [2.75, 3.05) is 13.9 Å². The SMILES string of the molecule is COCOc1ccc(CO[Si](C(C)C)(C(C)C)C(C)C)cc1[Si](C)(C)C. The molecular weight excluding hydrogens is 356 g/mol. The molecule has 0 heterocycles. The lowest BCUT2D eigenvalue weighted by atomic mass is 10.2. The molecule has 3 nitrogen and oxygen atoms in total. The van der Waals surface area contributed by atoms with E-state index in [2.05, 4.69) is 79.4 Å². The van der Waals surface area contributed by atoms with E-state index in [0.29, 0.717) is 23.2 Å².